The number of rotatable bonds is 5. The molecule has 0 saturated carbocycles. The SMILES string of the molecule is CC(C)(C)[Si](C)(C)OCCN1CCCN(c2ccc(Br)cc2F)C1=O. The van der Waals surface area contributed by atoms with Crippen LogP contribution in [0, 0.1) is 5.82 Å². The van der Waals surface area contributed by atoms with Gasteiger partial charge in [-0.25, -0.2) is 9.18 Å². The van der Waals surface area contributed by atoms with Crippen LogP contribution >= 0.6 is 15.9 Å². The van der Waals surface area contributed by atoms with E-state index in [1.54, 1.807) is 17.0 Å². The number of carbonyl (C=O) groups is 1. The molecular weight excluding hydrogens is 403 g/mol. The summed E-state index contributed by atoms with van der Waals surface area (Å²) in [5.74, 6) is -0.387. The summed E-state index contributed by atoms with van der Waals surface area (Å²) < 4.78 is 21.0. The van der Waals surface area contributed by atoms with Gasteiger partial charge in [-0.2, -0.15) is 0 Å². The molecule has 2 amide bonds. The van der Waals surface area contributed by atoms with Gasteiger partial charge in [0.1, 0.15) is 5.82 Å². The average molecular weight is 431 g/mol. The van der Waals surface area contributed by atoms with Gasteiger partial charge in [-0.05, 0) is 42.8 Å². The summed E-state index contributed by atoms with van der Waals surface area (Å²) in [6.45, 7) is 13.3. The van der Waals surface area contributed by atoms with Gasteiger partial charge in [-0.3, -0.25) is 4.90 Å². The van der Waals surface area contributed by atoms with E-state index in [9.17, 15) is 9.18 Å². The molecule has 0 aromatic heterocycles. The van der Waals surface area contributed by atoms with Gasteiger partial charge in [0.2, 0.25) is 0 Å². The summed E-state index contributed by atoms with van der Waals surface area (Å²) in [6.07, 6.45) is 0.821. The Morgan fingerprint density at radius 2 is 1.96 bits per heavy atom. The number of benzene rings is 1. The Balaban J connectivity index is 2.00. The first-order valence-electron chi connectivity index (χ1n) is 8.68. The van der Waals surface area contributed by atoms with Crippen LogP contribution in [0.3, 0.4) is 0 Å². The molecule has 0 radical (unpaired) electrons. The second-order valence-electron chi connectivity index (χ2n) is 7.98. The van der Waals surface area contributed by atoms with Crippen molar-refractivity contribution in [3.63, 3.8) is 0 Å². The van der Waals surface area contributed by atoms with Crippen molar-refractivity contribution >= 4 is 36.0 Å². The Morgan fingerprint density at radius 3 is 2.56 bits per heavy atom. The second kappa shape index (κ2) is 7.76. The maximum absolute atomic E-state index is 14.2. The summed E-state index contributed by atoms with van der Waals surface area (Å²) in [4.78, 5) is 16.0. The lowest BCUT2D eigenvalue weighted by atomic mass is 10.2. The van der Waals surface area contributed by atoms with E-state index in [-0.39, 0.29) is 16.9 Å². The third-order valence-corrected chi connectivity index (χ3v) is 10.2. The minimum atomic E-state index is -1.82. The van der Waals surface area contributed by atoms with Crippen molar-refractivity contribution in [2.75, 3.05) is 31.1 Å². The van der Waals surface area contributed by atoms with Gasteiger partial charge in [0.15, 0.2) is 8.32 Å². The lowest BCUT2D eigenvalue weighted by Gasteiger charge is -2.38. The fraction of sp³-hybridized carbons (Fsp3) is 0.611. The number of nitrogens with zero attached hydrogens (tertiary/aromatic N) is 2. The predicted molar refractivity (Wildman–Crippen MR) is 106 cm³/mol. The van der Waals surface area contributed by atoms with E-state index in [2.05, 4.69) is 49.8 Å². The molecule has 1 aliphatic heterocycles. The first-order chi connectivity index (χ1) is 11.5. The molecule has 1 aromatic carbocycles. The van der Waals surface area contributed by atoms with Crippen LogP contribution in [0.2, 0.25) is 18.1 Å². The van der Waals surface area contributed by atoms with Crippen molar-refractivity contribution in [1.29, 1.82) is 0 Å². The zero-order valence-corrected chi connectivity index (χ0v) is 18.3. The summed E-state index contributed by atoms with van der Waals surface area (Å²) in [7, 11) is -1.82. The highest BCUT2D eigenvalue weighted by Crippen LogP contribution is 2.36. The summed E-state index contributed by atoms with van der Waals surface area (Å²) in [5.41, 5.74) is 0.336. The fourth-order valence-corrected chi connectivity index (χ4v) is 3.91. The van der Waals surface area contributed by atoms with Crippen LogP contribution in [0.5, 0.6) is 0 Å². The second-order valence-corrected chi connectivity index (χ2v) is 13.7. The molecule has 1 aliphatic rings. The van der Waals surface area contributed by atoms with Gasteiger partial charge in [0.25, 0.3) is 0 Å². The summed E-state index contributed by atoms with van der Waals surface area (Å²) in [5, 5.41) is 0.144. The molecule has 0 spiro atoms. The molecule has 0 unspecified atom stereocenters. The van der Waals surface area contributed by atoms with Crippen molar-refractivity contribution in [2.45, 2.75) is 45.3 Å². The third-order valence-electron chi connectivity index (χ3n) is 5.14. The maximum Gasteiger partial charge on any atom is 0.324 e. The number of urea groups is 1. The molecule has 140 valence electrons. The molecule has 1 fully saturated rings. The minimum absolute atomic E-state index is 0.144. The van der Waals surface area contributed by atoms with E-state index in [4.69, 9.17) is 4.43 Å². The first-order valence-corrected chi connectivity index (χ1v) is 12.4. The highest BCUT2D eigenvalue weighted by Gasteiger charge is 2.37. The smallest absolute Gasteiger partial charge is 0.324 e. The van der Waals surface area contributed by atoms with Gasteiger partial charge in [0, 0.05) is 24.1 Å². The maximum atomic E-state index is 14.2. The molecular formula is C18H28BrFN2O2Si. The number of carbonyl (C=O) groups excluding carboxylic acids is 1. The zero-order valence-electron chi connectivity index (χ0n) is 15.7. The highest BCUT2D eigenvalue weighted by molar-refractivity contribution is 9.10. The standard InChI is InChI=1S/C18H28BrFN2O2Si/c1-18(2,3)25(4,5)24-12-11-21-9-6-10-22(17(21)23)16-8-7-14(19)13-15(16)20/h7-8,13H,6,9-12H2,1-5H3. The molecule has 0 atom stereocenters. The molecule has 0 bridgehead atoms. The highest BCUT2D eigenvalue weighted by atomic mass is 79.9. The molecule has 0 aliphatic carbocycles. The van der Waals surface area contributed by atoms with Crippen LogP contribution < -0.4 is 4.90 Å². The summed E-state index contributed by atoms with van der Waals surface area (Å²) >= 11 is 3.25. The molecule has 0 N–H and O–H groups in total. The number of halogens is 2. The van der Waals surface area contributed by atoms with E-state index in [1.165, 1.54) is 11.0 Å². The molecule has 25 heavy (non-hydrogen) atoms. The van der Waals surface area contributed by atoms with Gasteiger partial charge < -0.3 is 9.33 Å². The fourth-order valence-electron chi connectivity index (χ4n) is 2.54. The lowest BCUT2D eigenvalue weighted by molar-refractivity contribution is 0.175. The number of hydrogen-bond donors (Lipinski definition) is 0. The molecule has 1 aromatic rings. The van der Waals surface area contributed by atoms with Gasteiger partial charge in [0.05, 0.1) is 12.3 Å². The minimum Gasteiger partial charge on any atom is -0.415 e. The van der Waals surface area contributed by atoms with E-state index in [0.29, 0.717) is 36.4 Å². The quantitative estimate of drug-likeness (QED) is 0.598. The van der Waals surface area contributed by atoms with Crippen LogP contribution in [0.1, 0.15) is 27.2 Å². The monoisotopic (exact) mass is 430 g/mol. The van der Waals surface area contributed by atoms with E-state index < -0.39 is 8.32 Å². The predicted octanol–water partition coefficient (Wildman–Crippen LogP) is 5.24. The largest absolute Gasteiger partial charge is 0.415 e. The molecule has 7 heteroatoms. The lowest BCUT2D eigenvalue weighted by Crippen LogP contribution is -2.51. The van der Waals surface area contributed by atoms with E-state index in [0.717, 1.165) is 6.42 Å². The topological polar surface area (TPSA) is 32.8 Å². The van der Waals surface area contributed by atoms with E-state index >= 15 is 0 Å². The number of amides is 2. The Morgan fingerprint density at radius 1 is 1.28 bits per heavy atom. The van der Waals surface area contributed by atoms with Crippen LogP contribution in [-0.2, 0) is 4.43 Å². The third kappa shape index (κ3) is 4.83. The normalized spacial score (nSPS) is 16.5. The van der Waals surface area contributed by atoms with Gasteiger partial charge in [-0.15, -0.1) is 0 Å². The Hall–Kier alpha value is -0.923. The van der Waals surface area contributed by atoms with Crippen LogP contribution in [-0.4, -0.2) is 45.5 Å². The number of hydrogen-bond acceptors (Lipinski definition) is 2. The molecule has 1 saturated heterocycles. The van der Waals surface area contributed by atoms with Gasteiger partial charge >= 0.3 is 6.03 Å². The number of anilines is 1. The zero-order chi connectivity index (χ0) is 18.8. The van der Waals surface area contributed by atoms with Crippen LogP contribution in [0.4, 0.5) is 14.9 Å². The summed E-state index contributed by atoms with van der Waals surface area (Å²) in [6, 6.07) is 4.64. The Labute approximate surface area is 159 Å². The van der Waals surface area contributed by atoms with Crippen molar-refractivity contribution in [2.24, 2.45) is 0 Å². The van der Waals surface area contributed by atoms with Gasteiger partial charge in [-0.1, -0.05) is 36.7 Å². The van der Waals surface area contributed by atoms with Crippen LogP contribution in [0.15, 0.2) is 22.7 Å². The molecule has 1 heterocycles. The van der Waals surface area contributed by atoms with Crippen molar-refractivity contribution in [1.82, 2.24) is 4.90 Å². The Kier molecular flexibility index (Phi) is 6.33. The van der Waals surface area contributed by atoms with Crippen molar-refractivity contribution in [3.05, 3.63) is 28.5 Å². The van der Waals surface area contributed by atoms with Crippen LogP contribution in [0.25, 0.3) is 0 Å². The molecule has 4 nitrogen and oxygen atoms in total. The average Bonchev–Trinajstić information content (AvgIpc) is 2.48. The Bertz CT molecular complexity index is 634. The van der Waals surface area contributed by atoms with Crippen molar-refractivity contribution < 1.29 is 13.6 Å². The first kappa shape index (κ1) is 20.4. The molecule has 2 rings (SSSR count). The van der Waals surface area contributed by atoms with E-state index in [1.807, 2.05) is 0 Å². The van der Waals surface area contributed by atoms with Crippen molar-refractivity contribution in [3.8, 4) is 0 Å².